The van der Waals surface area contributed by atoms with Crippen LogP contribution >= 0.6 is 0 Å². The molecule has 1 heterocycles. The molecule has 1 aliphatic carbocycles. The smallest absolute Gasteiger partial charge is 0.134 e. The summed E-state index contributed by atoms with van der Waals surface area (Å²) in [6.07, 6.45) is 3.90. The quantitative estimate of drug-likeness (QED) is 0.798. The molecule has 2 unspecified atom stereocenters. The Labute approximate surface area is 96.9 Å². The van der Waals surface area contributed by atoms with Crippen molar-refractivity contribution in [3.63, 3.8) is 0 Å². The van der Waals surface area contributed by atoms with Gasteiger partial charge in [-0.15, -0.1) is 0 Å². The summed E-state index contributed by atoms with van der Waals surface area (Å²) in [5.41, 5.74) is 1.18. The Kier molecular flexibility index (Phi) is 3.27. The first kappa shape index (κ1) is 11.2. The lowest BCUT2D eigenvalue weighted by atomic mass is 10.2. The molecule has 4 heteroatoms. The molecule has 88 valence electrons. The Morgan fingerprint density at radius 1 is 1.38 bits per heavy atom. The summed E-state index contributed by atoms with van der Waals surface area (Å²) in [5.74, 6) is 3.63. The second-order valence-electron chi connectivity index (χ2n) is 4.51. The van der Waals surface area contributed by atoms with E-state index >= 15 is 0 Å². The molecule has 0 aliphatic heterocycles. The second-order valence-corrected chi connectivity index (χ2v) is 4.51. The molecule has 4 nitrogen and oxygen atoms in total. The van der Waals surface area contributed by atoms with Crippen LogP contribution in [0.3, 0.4) is 0 Å². The third-order valence-electron chi connectivity index (χ3n) is 3.34. The molecule has 0 saturated heterocycles. The number of nitrogens with one attached hydrogen (secondary N) is 2. The number of nitrogens with zero attached hydrogens (tertiary/aromatic N) is 2. The molecule has 2 rings (SSSR count). The predicted molar refractivity (Wildman–Crippen MR) is 66.7 cm³/mol. The van der Waals surface area contributed by atoms with Crippen molar-refractivity contribution in [1.29, 1.82) is 0 Å². The van der Waals surface area contributed by atoms with Gasteiger partial charge in [-0.1, -0.05) is 13.8 Å². The van der Waals surface area contributed by atoms with Crippen LogP contribution in [0.4, 0.5) is 11.6 Å². The highest BCUT2D eigenvalue weighted by atomic mass is 15.1. The monoisotopic (exact) mass is 220 g/mol. The molecule has 0 aromatic carbocycles. The average molecular weight is 220 g/mol. The maximum absolute atomic E-state index is 4.32. The van der Waals surface area contributed by atoms with Crippen LogP contribution in [0.1, 0.15) is 25.8 Å². The minimum absolute atomic E-state index is 0.831. The molecule has 2 N–H and O–H groups in total. The molecule has 0 amide bonds. The van der Waals surface area contributed by atoms with Gasteiger partial charge < -0.3 is 10.6 Å². The largest absolute Gasteiger partial charge is 0.373 e. The second kappa shape index (κ2) is 4.68. The van der Waals surface area contributed by atoms with Crippen LogP contribution in [0, 0.1) is 11.8 Å². The Hall–Kier alpha value is -1.32. The molecule has 1 fully saturated rings. The maximum atomic E-state index is 4.32. The lowest BCUT2D eigenvalue weighted by Crippen LogP contribution is -2.10. The third-order valence-corrected chi connectivity index (χ3v) is 3.34. The van der Waals surface area contributed by atoms with Crippen LogP contribution < -0.4 is 10.6 Å². The molecule has 2 atom stereocenters. The zero-order valence-electron chi connectivity index (χ0n) is 10.2. The van der Waals surface area contributed by atoms with E-state index in [2.05, 4.69) is 34.4 Å². The molecular formula is C12H20N4. The van der Waals surface area contributed by atoms with Crippen LogP contribution in [0.15, 0.2) is 6.33 Å². The van der Waals surface area contributed by atoms with Gasteiger partial charge in [0.2, 0.25) is 0 Å². The van der Waals surface area contributed by atoms with Crippen LogP contribution in [0.25, 0.3) is 0 Å². The van der Waals surface area contributed by atoms with Gasteiger partial charge in [-0.05, 0) is 24.7 Å². The van der Waals surface area contributed by atoms with Gasteiger partial charge in [0, 0.05) is 19.2 Å². The van der Waals surface area contributed by atoms with Gasteiger partial charge in [0.25, 0.3) is 0 Å². The minimum atomic E-state index is 0.831. The fourth-order valence-electron chi connectivity index (χ4n) is 2.03. The molecule has 0 radical (unpaired) electrons. The third kappa shape index (κ3) is 2.26. The lowest BCUT2D eigenvalue weighted by molar-refractivity contribution is 0.782. The highest BCUT2D eigenvalue weighted by molar-refractivity contribution is 5.57. The minimum Gasteiger partial charge on any atom is -0.373 e. The van der Waals surface area contributed by atoms with Gasteiger partial charge >= 0.3 is 0 Å². The van der Waals surface area contributed by atoms with Crippen molar-refractivity contribution in [3.8, 4) is 0 Å². The van der Waals surface area contributed by atoms with Gasteiger partial charge in [-0.3, -0.25) is 0 Å². The maximum Gasteiger partial charge on any atom is 0.134 e. The topological polar surface area (TPSA) is 49.8 Å². The highest BCUT2D eigenvalue weighted by Crippen LogP contribution is 2.37. The standard InChI is InChI=1S/C12H20N4/c1-4-10-11(13-3)15-7-16-12(10)14-6-9-5-8(9)2/h7-9H,4-6H2,1-3H3,(H2,13,14,15,16). The normalized spacial score (nSPS) is 22.9. The van der Waals surface area contributed by atoms with Crippen LogP contribution in [-0.2, 0) is 6.42 Å². The molecule has 1 aliphatic rings. The fraction of sp³-hybridized carbons (Fsp3) is 0.667. The molecule has 0 bridgehead atoms. The number of hydrogen-bond acceptors (Lipinski definition) is 4. The Bertz CT molecular complexity index is 364. The summed E-state index contributed by atoms with van der Waals surface area (Å²) in [5, 5.41) is 6.55. The van der Waals surface area contributed by atoms with Crippen molar-refractivity contribution in [3.05, 3.63) is 11.9 Å². The predicted octanol–water partition coefficient (Wildman–Crippen LogP) is 2.15. The van der Waals surface area contributed by atoms with E-state index in [-0.39, 0.29) is 0 Å². The summed E-state index contributed by atoms with van der Waals surface area (Å²) in [6.45, 7) is 5.46. The number of aromatic nitrogens is 2. The van der Waals surface area contributed by atoms with Crippen LogP contribution in [0.2, 0.25) is 0 Å². The van der Waals surface area contributed by atoms with E-state index in [0.717, 1.165) is 36.4 Å². The van der Waals surface area contributed by atoms with E-state index in [9.17, 15) is 0 Å². The van der Waals surface area contributed by atoms with Crippen molar-refractivity contribution >= 4 is 11.6 Å². The molecule has 1 saturated carbocycles. The molecule has 1 aromatic heterocycles. The summed E-state index contributed by atoms with van der Waals surface area (Å²) < 4.78 is 0. The van der Waals surface area contributed by atoms with Gasteiger partial charge in [0.05, 0.1) is 0 Å². The van der Waals surface area contributed by atoms with Gasteiger partial charge in [0.1, 0.15) is 18.0 Å². The van der Waals surface area contributed by atoms with Crippen molar-refractivity contribution in [2.45, 2.75) is 26.7 Å². The number of hydrogen-bond donors (Lipinski definition) is 2. The summed E-state index contributed by atoms with van der Waals surface area (Å²) in [4.78, 5) is 8.54. The van der Waals surface area contributed by atoms with Crippen molar-refractivity contribution in [2.75, 3.05) is 24.2 Å². The van der Waals surface area contributed by atoms with E-state index in [1.807, 2.05) is 7.05 Å². The number of anilines is 2. The lowest BCUT2D eigenvalue weighted by Gasteiger charge is -2.12. The fourth-order valence-corrected chi connectivity index (χ4v) is 2.03. The summed E-state index contributed by atoms with van der Waals surface area (Å²) >= 11 is 0. The average Bonchev–Trinajstić information content (AvgIpc) is 3.02. The number of rotatable bonds is 5. The van der Waals surface area contributed by atoms with E-state index in [1.54, 1.807) is 6.33 Å². The molecular weight excluding hydrogens is 200 g/mol. The van der Waals surface area contributed by atoms with Crippen LogP contribution in [-0.4, -0.2) is 23.6 Å². The van der Waals surface area contributed by atoms with Crippen LogP contribution in [0.5, 0.6) is 0 Å². The zero-order chi connectivity index (χ0) is 11.5. The molecule has 0 spiro atoms. The zero-order valence-corrected chi connectivity index (χ0v) is 10.2. The van der Waals surface area contributed by atoms with Gasteiger partial charge in [-0.2, -0.15) is 0 Å². The molecule has 16 heavy (non-hydrogen) atoms. The first-order valence-corrected chi connectivity index (χ1v) is 6.01. The van der Waals surface area contributed by atoms with Crippen molar-refractivity contribution in [2.24, 2.45) is 11.8 Å². The molecule has 1 aromatic rings. The highest BCUT2D eigenvalue weighted by Gasteiger charge is 2.32. The van der Waals surface area contributed by atoms with E-state index in [0.29, 0.717) is 0 Å². The first-order chi connectivity index (χ1) is 7.76. The Morgan fingerprint density at radius 3 is 2.62 bits per heavy atom. The SMILES string of the molecule is CCc1c(NC)ncnc1NCC1CC1C. The Morgan fingerprint density at radius 2 is 2.06 bits per heavy atom. The van der Waals surface area contributed by atoms with E-state index in [4.69, 9.17) is 0 Å². The summed E-state index contributed by atoms with van der Waals surface area (Å²) in [7, 11) is 1.90. The first-order valence-electron chi connectivity index (χ1n) is 6.01. The Balaban J connectivity index is 2.06. The van der Waals surface area contributed by atoms with Gasteiger partial charge in [-0.25, -0.2) is 9.97 Å². The van der Waals surface area contributed by atoms with Crippen molar-refractivity contribution in [1.82, 2.24) is 9.97 Å². The van der Waals surface area contributed by atoms with Crippen molar-refractivity contribution < 1.29 is 0 Å². The van der Waals surface area contributed by atoms with E-state index < -0.39 is 0 Å². The van der Waals surface area contributed by atoms with E-state index in [1.165, 1.54) is 12.0 Å². The summed E-state index contributed by atoms with van der Waals surface area (Å²) in [6, 6.07) is 0. The van der Waals surface area contributed by atoms with Gasteiger partial charge in [0.15, 0.2) is 0 Å².